The van der Waals surface area contributed by atoms with E-state index in [2.05, 4.69) is 35.8 Å². The van der Waals surface area contributed by atoms with Crippen LogP contribution >= 0.6 is 12.2 Å². The molecule has 0 saturated carbocycles. The van der Waals surface area contributed by atoms with Gasteiger partial charge in [-0.3, -0.25) is 19.4 Å². The fraction of sp³-hybridized carbons (Fsp3) is 0.156. The molecule has 1 aliphatic rings. The molecule has 5 nitrogen and oxygen atoms in total. The molecule has 0 unspecified atom stereocenters. The summed E-state index contributed by atoms with van der Waals surface area (Å²) in [6.07, 6.45) is 1.70. The van der Waals surface area contributed by atoms with Crippen LogP contribution in [0.15, 0.2) is 84.4 Å². The van der Waals surface area contributed by atoms with Crippen LogP contribution in [-0.2, 0) is 9.59 Å². The number of thiocarbonyl (C=S) groups is 1. The summed E-state index contributed by atoms with van der Waals surface area (Å²) in [5.41, 5.74) is 8.42. The Kier molecular flexibility index (Phi) is 6.59. The van der Waals surface area contributed by atoms with Gasteiger partial charge in [-0.25, -0.2) is 0 Å². The van der Waals surface area contributed by atoms with Gasteiger partial charge in [0.2, 0.25) is 0 Å². The van der Waals surface area contributed by atoms with Crippen molar-refractivity contribution < 1.29 is 9.59 Å². The largest absolute Gasteiger partial charge is 0.318 e. The van der Waals surface area contributed by atoms with E-state index in [1.54, 1.807) is 6.08 Å². The molecule has 2 amide bonds. The molecule has 3 aromatic carbocycles. The number of para-hydroxylation sites is 1. The van der Waals surface area contributed by atoms with Crippen molar-refractivity contribution in [1.29, 1.82) is 0 Å². The zero-order valence-electron chi connectivity index (χ0n) is 22.1. The minimum absolute atomic E-state index is 0.0600. The third-order valence-electron chi connectivity index (χ3n) is 7.07. The van der Waals surface area contributed by atoms with Gasteiger partial charge in [0.1, 0.15) is 5.57 Å². The number of aromatic nitrogens is 1. The number of nitrogens with zero attached hydrogens (tertiary/aromatic N) is 3. The van der Waals surface area contributed by atoms with Crippen molar-refractivity contribution >= 4 is 46.6 Å². The molecule has 0 spiro atoms. The SMILES string of the molecule is Cc1ccc(-n2c(C)cc(C=C3C(=O)N(c4ccccc4)C(=S)N(c4ccc(C)c(C)c4)C3=O)c2C)cc1. The molecular weight excluding hydrogens is 490 g/mol. The molecule has 4 aromatic rings. The van der Waals surface area contributed by atoms with Crippen LogP contribution in [0, 0.1) is 34.6 Å². The van der Waals surface area contributed by atoms with Crippen LogP contribution in [-0.4, -0.2) is 21.5 Å². The first-order valence-electron chi connectivity index (χ1n) is 12.5. The molecule has 0 aliphatic carbocycles. The van der Waals surface area contributed by atoms with Crippen LogP contribution in [0.1, 0.15) is 33.6 Å². The number of hydrogen-bond donors (Lipinski definition) is 0. The molecule has 1 aromatic heterocycles. The molecule has 1 fully saturated rings. The van der Waals surface area contributed by atoms with E-state index in [1.807, 2.05) is 82.3 Å². The maximum absolute atomic E-state index is 14.0. The lowest BCUT2D eigenvalue weighted by atomic mass is 10.0. The minimum Gasteiger partial charge on any atom is -0.318 e. The highest BCUT2D eigenvalue weighted by molar-refractivity contribution is 7.81. The number of amides is 2. The lowest BCUT2D eigenvalue weighted by Crippen LogP contribution is -2.57. The number of rotatable bonds is 4. The molecule has 1 saturated heterocycles. The second-order valence-corrected chi connectivity index (χ2v) is 10.1. The van der Waals surface area contributed by atoms with Gasteiger partial charge < -0.3 is 4.57 Å². The lowest BCUT2D eigenvalue weighted by Gasteiger charge is -2.36. The van der Waals surface area contributed by atoms with E-state index in [0.717, 1.165) is 33.8 Å². The zero-order valence-corrected chi connectivity index (χ0v) is 23.0. The van der Waals surface area contributed by atoms with E-state index in [9.17, 15) is 9.59 Å². The normalized spacial score (nSPS) is 15.1. The number of carbonyl (C=O) groups is 2. The topological polar surface area (TPSA) is 45.6 Å². The molecule has 2 heterocycles. The molecular formula is C32H29N3O2S. The van der Waals surface area contributed by atoms with Crippen molar-refractivity contribution in [2.75, 3.05) is 9.80 Å². The summed E-state index contributed by atoms with van der Waals surface area (Å²) < 4.78 is 2.13. The van der Waals surface area contributed by atoms with E-state index >= 15 is 0 Å². The molecule has 0 atom stereocenters. The van der Waals surface area contributed by atoms with Gasteiger partial charge in [-0.1, -0.05) is 42.0 Å². The van der Waals surface area contributed by atoms with Crippen LogP contribution in [0.25, 0.3) is 11.8 Å². The third kappa shape index (κ3) is 4.37. The van der Waals surface area contributed by atoms with Gasteiger partial charge in [-0.15, -0.1) is 0 Å². The minimum atomic E-state index is -0.438. The Hall–Kier alpha value is -4.29. The molecule has 0 N–H and O–H groups in total. The van der Waals surface area contributed by atoms with Crippen LogP contribution in [0.5, 0.6) is 0 Å². The summed E-state index contributed by atoms with van der Waals surface area (Å²) in [5, 5.41) is 0.136. The summed E-state index contributed by atoms with van der Waals surface area (Å²) in [7, 11) is 0. The first-order valence-corrected chi connectivity index (χ1v) is 12.9. The highest BCUT2D eigenvalue weighted by Crippen LogP contribution is 2.32. The predicted octanol–water partition coefficient (Wildman–Crippen LogP) is 6.77. The van der Waals surface area contributed by atoms with Crippen molar-refractivity contribution in [1.82, 2.24) is 4.57 Å². The van der Waals surface area contributed by atoms with Crippen molar-refractivity contribution in [3.8, 4) is 5.69 Å². The summed E-state index contributed by atoms with van der Waals surface area (Å²) in [6, 6.07) is 25.3. The number of benzene rings is 3. The summed E-state index contributed by atoms with van der Waals surface area (Å²) in [4.78, 5) is 30.7. The van der Waals surface area contributed by atoms with Crippen LogP contribution in [0.4, 0.5) is 11.4 Å². The maximum atomic E-state index is 14.0. The Labute approximate surface area is 228 Å². The summed E-state index contributed by atoms with van der Waals surface area (Å²) >= 11 is 5.76. The van der Waals surface area contributed by atoms with Crippen molar-refractivity contribution in [3.05, 3.63) is 118 Å². The number of aryl methyl sites for hydroxylation is 4. The van der Waals surface area contributed by atoms with E-state index in [1.165, 1.54) is 15.4 Å². The average Bonchev–Trinajstić information content (AvgIpc) is 3.17. The maximum Gasteiger partial charge on any atom is 0.270 e. The Bertz CT molecular complexity index is 1610. The molecule has 190 valence electrons. The van der Waals surface area contributed by atoms with Gasteiger partial charge in [0.05, 0.1) is 11.4 Å². The fourth-order valence-electron chi connectivity index (χ4n) is 4.81. The van der Waals surface area contributed by atoms with Gasteiger partial charge in [0.25, 0.3) is 11.8 Å². The quantitative estimate of drug-likeness (QED) is 0.170. The first-order chi connectivity index (χ1) is 18.2. The van der Waals surface area contributed by atoms with Gasteiger partial charge in [-0.2, -0.15) is 0 Å². The first kappa shape index (κ1) is 25.4. The van der Waals surface area contributed by atoms with E-state index in [4.69, 9.17) is 12.2 Å². The Morgan fingerprint density at radius 3 is 1.89 bits per heavy atom. The van der Waals surface area contributed by atoms with Crippen LogP contribution in [0.2, 0.25) is 0 Å². The average molecular weight is 520 g/mol. The molecule has 5 rings (SSSR count). The van der Waals surface area contributed by atoms with E-state index in [-0.39, 0.29) is 10.7 Å². The Morgan fingerprint density at radius 2 is 1.26 bits per heavy atom. The molecule has 38 heavy (non-hydrogen) atoms. The second kappa shape index (κ2) is 9.88. The highest BCUT2D eigenvalue weighted by Gasteiger charge is 2.41. The second-order valence-electron chi connectivity index (χ2n) is 9.72. The third-order valence-corrected chi connectivity index (χ3v) is 7.44. The van der Waals surface area contributed by atoms with Gasteiger partial charge >= 0.3 is 0 Å². The molecule has 6 heteroatoms. The smallest absolute Gasteiger partial charge is 0.270 e. The zero-order chi connectivity index (χ0) is 27.1. The van der Waals surface area contributed by atoms with Crippen molar-refractivity contribution in [2.45, 2.75) is 34.6 Å². The van der Waals surface area contributed by atoms with Gasteiger partial charge in [0, 0.05) is 17.1 Å². The van der Waals surface area contributed by atoms with Gasteiger partial charge in [0.15, 0.2) is 5.11 Å². The number of carbonyl (C=O) groups excluding carboxylic acids is 2. The predicted molar refractivity (Wildman–Crippen MR) is 158 cm³/mol. The Balaban J connectivity index is 1.66. The molecule has 0 radical (unpaired) electrons. The number of hydrogen-bond acceptors (Lipinski definition) is 3. The number of anilines is 2. The molecule has 0 bridgehead atoms. The van der Waals surface area contributed by atoms with E-state index in [0.29, 0.717) is 11.4 Å². The fourth-order valence-corrected chi connectivity index (χ4v) is 5.18. The van der Waals surface area contributed by atoms with Gasteiger partial charge in [-0.05, 0) is 112 Å². The van der Waals surface area contributed by atoms with Crippen LogP contribution in [0.3, 0.4) is 0 Å². The van der Waals surface area contributed by atoms with Crippen molar-refractivity contribution in [3.63, 3.8) is 0 Å². The van der Waals surface area contributed by atoms with Crippen molar-refractivity contribution in [2.24, 2.45) is 0 Å². The monoisotopic (exact) mass is 519 g/mol. The standard InChI is InChI=1S/C32H29N3O2S/c1-20-11-14-27(15-12-20)33-23(4)18-25(24(33)5)19-29-30(36)34(26-9-7-6-8-10-26)32(38)35(31(29)37)28-16-13-21(2)22(3)17-28/h6-19H,1-5H3. The Morgan fingerprint density at radius 1 is 0.658 bits per heavy atom. The molecule has 1 aliphatic heterocycles. The lowest BCUT2D eigenvalue weighted by molar-refractivity contribution is -0.120. The summed E-state index contributed by atoms with van der Waals surface area (Å²) in [6.45, 7) is 10.1. The summed E-state index contributed by atoms with van der Waals surface area (Å²) in [5.74, 6) is -0.873. The van der Waals surface area contributed by atoms with E-state index < -0.39 is 11.8 Å². The van der Waals surface area contributed by atoms with Crippen LogP contribution < -0.4 is 9.80 Å². The highest BCUT2D eigenvalue weighted by atomic mass is 32.1.